The third-order valence-corrected chi connectivity index (χ3v) is 7.16. The number of rotatable bonds is 7. The molecule has 1 aliphatic rings. The minimum atomic E-state index is 0.434. The molecule has 1 fully saturated rings. The molecule has 172 valence electrons. The second-order valence-corrected chi connectivity index (χ2v) is 10.2. The lowest BCUT2D eigenvalue weighted by molar-refractivity contribution is 0.324. The molecular formula is C26H31BrN6. The maximum Gasteiger partial charge on any atom is 0.225 e. The summed E-state index contributed by atoms with van der Waals surface area (Å²) in [5.41, 5.74) is 3.50. The Labute approximate surface area is 203 Å². The standard InChI is InChI=1S/C26H31BrN6/c1-33(2)25-21-5-3-4-6-24(21)31-26(32-25)30-20-10-7-17(8-11-20)14-28-15-18-16-29-23-12-9-19(27)13-22(18)23/h3-6,9,12-13,16-17,20,28-29H,7-8,10-11,14-15H2,1-2H3,(H,30,31,32). The summed E-state index contributed by atoms with van der Waals surface area (Å²) in [5, 5.41) is 9.68. The largest absolute Gasteiger partial charge is 0.362 e. The van der Waals surface area contributed by atoms with Crippen LogP contribution in [-0.2, 0) is 6.54 Å². The van der Waals surface area contributed by atoms with Gasteiger partial charge in [-0.15, -0.1) is 0 Å². The third kappa shape index (κ3) is 4.99. The van der Waals surface area contributed by atoms with E-state index >= 15 is 0 Å². The van der Waals surface area contributed by atoms with E-state index in [1.54, 1.807) is 0 Å². The lowest BCUT2D eigenvalue weighted by Gasteiger charge is -2.29. The van der Waals surface area contributed by atoms with Gasteiger partial charge in [0.2, 0.25) is 5.95 Å². The van der Waals surface area contributed by atoms with Crippen LogP contribution in [0.3, 0.4) is 0 Å². The van der Waals surface area contributed by atoms with Crippen molar-refractivity contribution in [3.8, 4) is 0 Å². The van der Waals surface area contributed by atoms with E-state index in [2.05, 4.69) is 73.0 Å². The van der Waals surface area contributed by atoms with E-state index in [4.69, 9.17) is 9.97 Å². The molecular weight excluding hydrogens is 476 g/mol. The van der Waals surface area contributed by atoms with Crippen molar-refractivity contribution in [1.82, 2.24) is 20.3 Å². The number of anilines is 2. The maximum absolute atomic E-state index is 4.81. The number of nitrogens with zero attached hydrogens (tertiary/aromatic N) is 3. The van der Waals surface area contributed by atoms with Crippen LogP contribution in [0.2, 0.25) is 0 Å². The Morgan fingerprint density at radius 2 is 1.85 bits per heavy atom. The van der Waals surface area contributed by atoms with Crippen LogP contribution >= 0.6 is 15.9 Å². The highest BCUT2D eigenvalue weighted by molar-refractivity contribution is 9.10. The first-order chi connectivity index (χ1) is 16.1. The van der Waals surface area contributed by atoms with Gasteiger partial charge < -0.3 is 20.5 Å². The zero-order valence-corrected chi connectivity index (χ0v) is 20.8. The zero-order chi connectivity index (χ0) is 22.8. The van der Waals surface area contributed by atoms with Crippen LogP contribution in [0.25, 0.3) is 21.8 Å². The number of hydrogen-bond acceptors (Lipinski definition) is 5. The van der Waals surface area contributed by atoms with Gasteiger partial charge in [0.15, 0.2) is 0 Å². The van der Waals surface area contributed by atoms with Crippen molar-refractivity contribution in [2.45, 2.75) is 38.3 Å². The van der Waals surface area contributed by atoms with Crippen molar-refractivity contribution in [1.29, 1.82) is 0 Å². The zero-order valence-electron chi connectivity index (χ0n) is 19.2. The minimum absolute atomic E-state index is 0.434. The molecule has 0 amide bonds. The van der Waals surface area contributed by atoms with Crippen LogP contribution < -0.4 is 15.5 Å². The first kappa shape index (κ1) is 22.2. The number of H-pyrrole nitrogens is 1. The maximum atomic E-state index is 4.81. The number of fused-ring (bicyclic) bond motifs is 2. The van der Waals surface area contributed by atoms with Crippen molar-refractivity contribution >= 4 is 49.5 Å². The highest BCUT2D eigenvalue weighted by Gasteiger charge is 2.22. The summed E-state index contributed by atoms with van der Waals surface area (Å²) in [6.07, 6.45) is 6.87. The normalized spacial score (nSPS) is 18.6. The quantitative estimate of drug-likeness (QED) is 0.300. The predicted molar refractivity (Wildman–Crippen MR) is 141 cm³/mol. The Balaban J connectivity index is 1.14. The first-order valence-electron chi connectivity index (χ1n) is 11.7. The van der Waals surface area contributed by atoms with E-state index in [0.717, 1.165) is 59.0 Å². The van der Waals surface area contributed by atoms with Crippen LogP contribution in [0, 0.1) is 5.92 Å². The molecule has 6 nitrogen and oxygen atoms in total. The Hall–Kier alpha value is -2.64. The number of para-hydroxylation sites is 1. The average molecular weight is 507 g/mol. The van der Waals surface area contributed by atoms with Crippen LogP contribution in [0.5, 0.6) is 0 Å². The van der Waals surface area contributed by atoms with Crippen LogP contribution in [-0.4, -0.2) is 41.6 Å². The molecule has 0 saturated heterocycles. The third-order valence-electron chi connectivity index (χ3n) is 6.66. The first-order valence-corrected chi connectivity index (χ1v) is 12.5. The lowest BCUT2D eigenvalue weighted by Crippen LogP contribution is -2.31. The summed E-state index contributed by atoms with van der Waals surface area (Å²) in [6.45, 7) is 1.96. The van der Waals surface area contributed by atoms with Gasteiger partial charge in [0, 0.05) is 53.6 Å². The van der Waals surface area contributed by atoms with Crippen LogP contribution in [0.4, 0.5) is 11.8 Å². The number of aromatic amines is 1. The van der Waals surface area contributed by atoms with Gasteiger partial charge in [-0.2, -0.15) is 4.98 Å². The van der Waals surface area contributed by atoms with Gasteiger partial charge in [-0.05, 0) is 74.0 Å². The lowest BCUT2D eigenvalue weighted by atomic mass is 9.86. The van der Waals surface area contributed by atoms with Crippen molar-refractivity contribution in [3.63, 3.8) is 0 Å². The fourth-order valence-corrected chi connectivity index (χ4v) is 5.23. The van der Waals surface area contributed by atoms with Gasteiger partial charge in [-0.1, -0.05) is 28.1 Å². The minimum Gasteiger partial charge on any atom is -0.362 e. The molecule has 2 aromatic carbocycles. The molecule has 0 spiro atoms. The second-order valence-electron chi connectivity index (χ2n) is 9.28. The highest BCUT2D eigenvalue weighted by Crippen LogP contribution is 2.28. The Bertz CT molecular complexity index is 1240. The van der Waals surface area contributed by atoms with E-state index in [-0.39, 0.29) is 0 Å². The van der Waals surface area contributed by atoms with Crippen molar-refractivity contribution in [2.24, 2.45) is 5.92 Å². The highest BCUT2D eigenvalue weighted by atomic mass is 79.9. The van der Waals surface area contributed by atoms with E-state index < -0.39 is 0 Å². The summed E-state index contributed by atoms with van der Waals surface area (Å²) in [6, 6.07) is 15.0. The molecule has 4 aromatic rings. The predicted octanol–water partition coefficient (Wildman–Crippen LogP) is 5.70. The van der Waals surface area contributed by atoms with Crippen molar-refractivity contribution in [3.05, 3.63) is 58.7 Å². The fourth-order valence-electron chi connectivity index (χ4n) is 4.87. The summed E-state index contributed by atoms with van der Waals surface area (Å²) in [5.74, 6) is 2.42. The summed E-state index contributed by atoms with van der Waals surface area (Å²) >= 11 is 3.58. The van der Waals surface area contributed by atoms with E-state index in [0.29, 0.717) is 6.04 Å². The molecule has 5 rings (SSSR count). The summed E-state index contributed by atoms with van der Waals surface area (Å²) in [4.78, 5) is 15.0. The molecule has 0 atom stereocenters. The number of hydrogen-bond donors (Lipinski definition) is 3. The van der Waals surface area contributed by atoms with E-state index in [1.807, 2.05) is 26.2 Å². The SMILES string of the molecule is CN(C)c1nc(NC2CCC(CNCc3c[nH]c4ccc(Br)cc34)CC2)nc2ccccc12. The molecule has 0 bridgehead atoms. The van der Waals surface area contributed by atoms with Gasteiger partial charge in [-0.25, -0.2) is 4.98 Å². The number of aromatic nitrogens is 3. The van der Waals surface area contributed by atoms with Gasteiger partial charge in [-0.3, -0.25) is 0 Å². The molecule has 0 radical (unpaired) electrons. The van der Waals surface area contributed by atoms with Crippen LogP contribution in [0.1, 0.15) is 31.2 Å². The molecule has 3 N–H and O–H groups in total. The van der Waals surface area contributed by atoms with Gasteiger partial charge >= 0.3 is 0 Å². The average Bonchev–Trinajstić information content (AvgIpc) is 3.21. The molecule has 7 heteroatoms. The monoisotopic (exact) mass is 506 g/mol. The Kier molecular flexibility index (Phi) is 6.51. The van der Waals surface area contributed by atoms with Gasteiger partial charge in [0.05, 0.1) is 5.52 Å². The van der Waals surface area contributed by atoms with Gasteiger partial charge in [0.25, 0.3) is 0 Å². The molecule has 1 saturated carbocycles. The number of nitrogens with one attached hydrogen (secondary N) is 3. The van der Waals surface area contributed by atoms with Crippen molar-refractivity contribution in [2.75, 3.05) is 30.9 Å². The number of halogens is 1. The Morgan fingerprint density at radius 3 is 2.67 bits per heavy atom. The molecule has 1 aliphatic carbocycles. The number of benzene rings is 2. The van der Waals surface area contributed by atoms with Gasteiger partial charge in [0.1, 0.15) is 5.82 Å². The summed E-state index contributed by atoms with van der Waals surface area (Å²) < 4.78 is 1.12. The molecule has 33 heavy (non-hydrogen) atoms. The van der Waals surface area contributed by atoms with E-state index in [9.17, 15) is 0 Å². The smallest absolute Gasteiger partial charge is 0.225 e. The van der Waals surface area contributed by atoms with Crippen molar-refractivity contribution < 1.29 is 0 Å². The second kappa shape index (κ2) is 9.69. The molecule has 2 heterocycles. The molecule has 2 aromatic heterocycles. The Morgan fingerprint density at radius 1 is 1.03 bits per heavy atom. The topological polar surface area (TPSA) is 68.9 Å². The molecule has 0 unspecified atom stereocenters. The summed E-state index contributed by atoms with van der Waals surface area (Å²) in [7, 11) is 4.07. The fraction of sp³-hybridized carbons (Fsp3) is 0.385. The molecule has 0 aliphatic heterocycles. The van der Waals surface area contributed by atoms with Crippen LogP contribution in [0.15, 0.2) is 53.1 Å². The van der Waals surface area contributed by atoms with E-state index in [1.165, 1.54) is 29.3 Å².